The van der Waals surface area contributed by atoms with Crippen LogP contribution in [0.2, 0.25) is 0 Å². The second kappa shape index (κ2) is 8.68. The lowest BCUT2D eigenvalue weighted by molar-refractivity contribution is -0.116. The van der Waals surface area contributed by atoms with Crippen LogP contribution in [0.15, 0.2) is 29.2 Å². The maximum Gasteiger partial charge on any atom is 0.407 e. The van der Waals surface area contributed by atoms with Gasteiger partial charge in [-0.25, -0.2) is 4.79 Å². The fourth-order valence-corrected chi connectivity index (χ4v) is 2.14. The van der Waals surface area contributed by atoms with Gasteiger partial charge in [-0.3, -0.25) is 4.79 Å². The number of ether oxygens (including phenoxy) is 1. The molecule has 0 aromatic heterocycles. The van der Waals surface area contributed by atoms with Gasteiger partial charge in [0.1, 0.15) is 5.60 Å². The summed E-state index contributed by atoms with van der Waals surface area (Å²) >= 11 is 1.63. The van der Waals surface area contributed by atoms with Crippen molar-refractivity contribution in [2.75, 3.05) is 18.1 Å². The molecule has 1 aromatic carbocycles. The van der Waals surface area contributed by atoms with Crippen molar-refractivity contribution in [2.24, 2.45) is 0 Å². The first-order chi connectivity index (χ1) is 10.3. The third kappa shape index (κ3) is 7.93. The maximum absolute atomic E-state index is 11.8. The zero-order valence-electron chi connectivity index (χ0n) is 13.6. The van der Waals surface area contributed by atoms with E-state index in [0.717, 1.165) is 10.6 Å². The topological polar surface area (TPSA) is 67.4 Å². The molecule has 1 aromatic rings. The minimum absolute atomic E-state index is 0.0655. The van der Waals surface area contributed by atoms with E-state index in [1.807, 2.05) is 51.3 Å². The van der Waals surface area contributed by atoms with E-state index in [1.165, 1.54) is 0 Å². The summed E-state index contributed by atoms with van der Waals surface area (Å²) in [5.74, 6) is -0.0655. The molecule has 0 spiro atoms. The Labute approximate surface area is 136 Å². The largest absolute Gasteiger partial charge is 0.444 e. The number of hydrogen-bond donors (Lipinski definition) is 2. The molecule has 22 heavy (non-hydrogen) atoms. The Morgan fingerprint density at radius 1 is 1.27 bits per heavy atom. The van der Waals surface area contributed by atoms with E-state index in [2.05, 4.69) is 10.6 Å². The standard InChI is InChI=1S/C16H24N2O3S/c1-16(2,3)21-15(20)17-10-6-9-14(19)18-12-7-5-8-13(11-12)22-4/h5,7-8,11H,6,9-10H2,1-4H3,(H,17,20)(H,18,19). The molecule has 0 saturated heterocycles. The Morgan fingerprint density at radius 2 is 2.00 bits per heavy atom. The van der Waals surface area contributed by atoms with E-state index in [-0.39, 0.29) is 5.91 Å². The third-order valence-electron chi connectivity index (χ3n) is 2.60. The molecule has 0 heterocycles. The fraction of sp³-hybridized carbons (Fsp3) is 0.500. The minimum atomic E-state index is -0.510. The Balaban J connectivity index is 2.25. The van der Waals surface area contributed by atoms with Crippen LogP contribution in [0.5, 0.6) is 0 Å². The van der Waals surface area contributed by atoms with Crippen LogP contribution >= 0.6 is 11.8 Å². The molecule has 0 saturated carbocycles. The molecule has 0 radical (unpaired) electrons. The van der Waals surface area contributed by atoms with Crippen molar-refractivity contribution in [1.82, 2.24) is 5.32 Å². The molecule has 6 heteroatoms. The second-order valence-electron chi connectivity index (χ2n) is 5.81. The second-order valence-corrected chi connectivity index (χ2v) is 6.69. The lowest BCUT2D eigenvalue weighted by atomic mass is 10.2. The van der Waals surface area contributed by atoms with Gasteiger partial charge in [-0.1, -0.05) is 6.07 Å². The SMILES string of the molecule is CSc1cccc(NC(=O)CCCNC(=O)OC(C)(C)C)c1. The van der Waals surface area contributed by atoms with E-state index >= 15 is 0 Å². The highest BCUT2D eigenvalue weighted by Crippen LogP contribution is 2.19. The van der Waals surface area contributed by atoms with Crippen LogP contribution in [0.3, 0.4) is 0 Å². The van der Waals surface area contributed by atoms with Crippen molar-refractivity contribution < 1.29 is 14.3 Å². The number of anilines is 1. The quantitative estimate of drug-likeness (QED) is 0.619. The molecule has 0 aliphatic carbocycles. The smallest absolute Gasteiger partial charge is 0.407 e. The van der Waals surface area contributed by atoms with Gasteiger partial charge in [-0.15, -0.1) is 11.8 Å². The highest BCUT2D eigenvalue weighted by molar-refractivity contribution is 7.98. The number of nitrogens with one attached hydrogen (secondary N) is 2. The first-order valence-corrected chi connectivity index (χ1v) is 8.43. The van der Waals surface area contributed by atoms with E-state index in [0.29, 0.717) is 19.4 Å². The zero-order chi connectivity index (χ0) is 16.6. The summed E-state index contributed by atoms with van der Waals surface area (Å²) in [6.45, 7) is 5.83. The van der Waals surface area contributed by atoms with Gasteiger partial charge in [0.15, 0.2) is 0 Å². The Hall–Kier alpha value is -1.69. The van der Waals surface area contributed by atoms with E-state index < -0.39 is 11.7 Å². The number of rotatable bonds is 6. The summed E-state index contributed by atoms with van der Waals surface area (Å²) in [4.78, 5) is 24.4. The average Bonchev–Trinajstić information content (AvgIpc) is 2.42. The van der Waals surface area contributed by atoms with Crippen LogP contribution < -0.4 is 10.6 Å². The average molecular weight is 324 g/mol. The van der Waals surface area contributed by atoms with Crippen molar-refractivity contribution in [3.8, 4) is 0 Å². The number of amides is 2. The van der Waals surface area contributed by atoms with Gasteiger partial charge in [-0.2, -0.15) is 0 Å². The maximum atomic E-state index is 11.8. The van der Waals surface area contributed by atoms with Crippen molar-refractivity contribution in [3.63, 3.8) is 0 Å². The summed E-state index contributed by atoms with van der Waals surface area (Å²) < 4.78 is 5.11. The monoisotopic (exact) mass is 324 g/mol. The van der Waals surface area contributed by atoms with Crippen molar-refractivity contribution >= 4 is 29.4 Å². The van der Waals surface area contributed by atoms with Crippen LogP contribution in [0.1, 0.15) is 33.6 Å². The molecular formula is C16H24N2O3S. The minimum Gasteiger partial charge on any atom is -0.444 e. The lowest BCUT2D eigenvalue weighted by Gasteiger charge is -2.19. The molecular weight excluding hydrogens is 300 g/mol. The first-order valence-electron chi connectivity index (χ1n) is 7.21. The summed E-state index contributed by atoms with van der Waals surface area (Å²) in [5, 5.41) is 5.48. The number of alkyl carbamates (subject to hydrolysis) is 1. The summed E-state index contributed by atoms with van der Waals surface area (Å²) in [6, 6.07) is 7.69. The van der Waals surface area contributed by atoms with Gasteiger partial charge in [0.25, 0.3) is 0 Å². The molecule has 2 N–H and O–H groups in total. The van der Waals surface area contributed by atoms with Crippen LogP contribution in [0.4, 0.5) is 10.5 Å². The van der Waals surface area contributed by atoms with Gasteiger partial charge in [0.05, 0.1) is 0 Å². The number of benzene rings is 1. The van der Waals surface area contributed by atoms with Crippen LogP contribution in [0.25, 0.3) is 0 Å². The van der Waals surface area contributed by atoms with Crippen molar-refractivity contribution in [2.45, 2.75) is 44.1 Å². The lowest BCUT2D eigenvalue weighted by Crippen LogP contribution is -2.33. The number of hydrogen-bond acceptors (Lipinski definition) is 4. The van der Waals surface area contributed by atoms with Gasteiger partial charge >= 0.3 is 6.09 Å². The molecule has 0 bridgehead atoms. The summed E-state index contributed by atoms with van der Waals surface area (Å²) in [6.07, 6.45) is 2.44. The number of carbonyl (C=O) groups is 2. The van der Waals surface area contributed by atoms with E-state index in [1.54, 1.807) is 11.8 Å². The highest BCUT2D eigenvalue weighted by atomic mass is 32.2. The van der Waals surface area contributed by atoms with Crippen molar-refractivity contribution in [1.29, 1.82) is 0 Å². The van der Waals surface area contributed by atoms with Gasteiger partial charge < -0.3 is 15.4 Å². The van der Waals surface area contributed by atoms with Crippen LogP contribution in [0, 0.1) is 0 Å². The molecule has 5 nitrogen and oxygen atoms in total. The highest BCUT2D eigenvalue weighted by Gasteiger charge is 2.15. The Morgan fingerprint density at radius 3 is 2.64 bits per heavy atom. The summed E-state index contributed by atoms with van der Waals surface area (Å²) in [7, 11) is 0. The predicted octanol–water partition coefficient (Wildman–Crippen LogP) is 3.65. The first kappa shape index (κ1) is 18.4. The molecule has 0 fully saturated rings. The van der Waals surface area contributed by atoms with Gasteiger partial charge in [0.2, 0.25) is 5.91 Å². The number of carbonyl (C=O) groups excluding carboxylic acids is 2. The Bertz CT molecular complexity index is 512. The van der Waals surface area contributed by atoms with Crippen LogP contribution in [-0.4, -0.2) is 30.4 Å². The third-order valence-corrected chi connectivity index (χ3v) is 3.33. The molecule has 0 aliphatic rings. The molecule has 122 valence electrons. The predicted molar refractivity (Wildman–Crippen MR) is 90.3 cm³/mol. The van der Waals surface area contributed by atoms with Crippen molar-refractivity contribution in [3.05, 3.63) is 24.3 Å². The van der Waals surface area contributed by atoms with Crippen LogP contribution in [-0.2, 0) is 9.53 Å². The molecule has 0 unspecified atom stereocenters. The molecule has 2 amide bonds. The Kier molecular flexibility index (Phi) is 7.24. The molecule has 1 rings (SSSR count). The van der Waals surface area contributed by atoms with Gasteiger partial charge in [-0.05, 0) is 51.6 Å². The molecule has 0 atom stereocenters. The fourth-order valence-electron chi connectivity index (χ4n) is 1.68. The van der Waals surface area contributed by atoms with E-state index in [4.69, 9.17) is 4.74 Å². The van der Waals surface area contributed by atoms with Gasteiger partial charge in [0, 0.05) is 23.5 Å². The van der Waals surface area contributed by atoms with E-state index in [9.17, 15) is 9.59 Å². The number of thioether (sulfide) groups is 1. The summed E-state index contributed by atoms with van der Waals surface area (Å²) in [5.41, 5.74) is 0.279. The molecule has 0 aliphatic heterocycles. The zero-order valence-corrected chi connectivity index (χ0v) is 14.4. The normalized spacial score (nSPS) is 10.9.